The van der Waals surface area contributed by atoms with E-state index in [1.54, 1.807) is 13.0 Å². The highest BCUT2D eigenvalue weighted by atomic mass is 32.1. The van der Waals surface area contributed by atoms with Gasteiger partial charge >= 0.3 is 0 Å². The van der Waals surface area contributed by atoms with Crippen molar-refractivity contribution in [1.29, 1.82) is 0 Å². The van der Waals surface area contributed by atoms with E-state index in [0.29, 0.717) is 22.2 Å². The first-order valence-corrected chi connectivity index (χ1v) is 9.03. The molecule has 7 nitrogen and oxygen atoms in total. The quantitative estimate of drug-likeness (QED) is 0.690. The topological polar surface area (TPSA) is 97.1 Å². The highest BCUT2D eigenvalue weighted by Crippen LogP contribution is 2.40. The molecule has 2 heterocycles. The number of rotatable bonds is 4. The number of aromatic nitrogens is 2. The summed E-state index contributed by atoms with van der Waals surface area (Å²) in [7, 11) is 0. The van der Waals surface area contributed by atoms with Crippen molar-refractivity contribution in [2.45, 2.75) is 25.7 Å². The molecule has 1 fully saturated rings. The summed E-state index contributed by atoms with van der Waals surface area (Å²) in [6.45, 7) is 1.76. The highest BCUT2D eigenvalue weighted by molar-refractivity contribution is 7.17. The number of aryl methyl sites for hydroxylation is 1. The molecule has 2 amide bonds. The number of thiazole rings is 1. The van der Waals surface area contributed by atoms with Crippen LogP contribution in [0.5, 0.6) is 0 Å². The molecule has 1 saturated carbocycles. The van der Waals surface area contributed by atoms with Gasteiger partial charge in [-0.25, -0.2) is 4.98 Å². The SMILES string of the molecule is Cc1nc(-c2ccccc2)sc1C(=O)NNC(=O)c1cc(C2CC2)on1. The van der Waals surface area contributed by atoms with Crippen LogP contribution in [0.4, 0.5) is 0 Å². The zero-order valence-corrected chi connectivity index (χ0v) is 14.8. The van der Waals surface area contributed by atoms with Crippen LogP contribution >= 0.6 is 11.3 Å². The fraction of sp³-hybridized carbons (Fsp3) is 0.222. The molecule has 2 N–H and O–H groups in total. The molecule has 0 radical (unpaired) electrons. The Bertz CT molecular complexity index is 960. The fourth-order valence-corrected chi connectivity index (χ4v) is 3.47. The van der Waals surface area contributed by atoms with Gasteiger partial charge in [0.1, 0.15) is 15.6 Å². The summed E-state index contributed by atoms with van der Waals surface area (Å²) >= 11 is 1.28. The molecule has 26 heavy (non-hydrogen) atoms. The Morgan fingerprint density at radius 1 is 1.15 bits per heavy atom. The minimum atomic E-state index is -0.514. The lowest BCUT2D eigenvalue weighted by atomic mass is 10.2. The second-order valence-corrected chi connectivity index (χ2v) is 7.10. The lowest BCUT2D eigenvalue weighted by Crippen LogP contribution is -2.41. The average molecular weight is 368 g/mol. The molecule has 0 spiro atoms. The van der Waals surface area contributed by atoms with Gasteiger partial charge in [-0.05, 0) is 19.8 Å². The molecule has 0 saturated heterocycles. The molecule has 2 aromatic heterocycles. The summed E-state index contributed by atoms with van der Waals surface area (Å²) < 4.78 is 5.14. The molecule has 4 rings (SSSR count). The van der Waals surface area contributed by atoms with Crippen LogP contribution in [0.15, 0.2) is 40.9 Å². The molecular formula is C18H16N4O3S. The number of carbonyl (C=O) groups excluding carboxylic acids is 2. The van der Waals surface area contributed by atoms with Gasteiger partial charge in [-0.15, -0.1) is 11.3 Å². The predicted molar refractivity (Wildman–Crippen MR) is 95.7 cm³/mol. The van der Waals surface area contributed by atoms with Crippen LogP contribution in [0.3, 0.4) is 0 Å². The fourth-order valence-electron chi connectivity index (χ4n) is 2.50. The van der Waals surface area contributed by atoms with E-state index in [1.807, 2.05) is 30.3 Å². The van der Waals surface area contributed by atoms with E-state index in [9.17, 15) is 9.59 Å². The van der Waals surface area contributed by atoms with Crippen molar-refractivity contribution in [1.82, 2.24) is 21.0 Å². The molecule has 0 atom stereocenters. The molecule has 1 aromatic carbocycles. The van der Waals surface area contributed by atoms with Crippen molar-refractivity contribution in [2.75, 3.05) is 0 Å². The number of hydrogen-bond donors (Lipinski definition) is 2. The number of nitrogens with zero attached hydrogens (tertiary/aromatic N) is 2. The minimum absolute atomic E-state index is 0.151. The van der Waals surface area contributed by atoms with Gasteiger partial charge in [0.2, 0.25) is 0 Å². The van der Waals surface area contributed by atoms with Crippen molar-refractivity contribution < 1.29 is 14.1 Å². The van der Waals surface area contributed by atoms with Crippen molar-refractivity contribution in [2.24, 2.45) is 0 Å². The van der Waals surface area contributed by atoms with Gasteiger partial charge in [-0.1, -0.05) is 35.5 Å². The van der Waals surface area contributed by atoms with E-state index in [0.717, 1.165) is 23.4 Å². The first kappa shape index (κ1) is 16.5. The molecule has 8 heteroatoms. The Hall–Kier alpha value is -3.00. The Kier molecular flexibility index (Phi) is 4.26. The molecular weight excluding hydrogens is 352 g/mol. The van der Waals surface area contributed by atoms with Crippen molar-refractivity contribution in [3.63, 3.8) is 0 Å². The summed E-state index contributed by atoms with van der Waals surface area (Å²) in [5, 5.41) is 4.50. The first-order valence-electron chi connectivity index (χ1n) is 8.22. The second-order valence-electron chi connectivity index (χ2n) is 6.10. The maximum Gasteiger partial charge on any atom is 0.291 e. The number of carbonyl (C=O) groups is 2. The summed E-state index contributed by atoms with van der Waals surface area (Å²) in [4.78, 5) is 29.3. The van der Waals surface area contributed by atoms with Crippen LogP contribution < -0.4 is 10.9 Å². The standard InChI is InChI=1S/C18H16N4O3S/c1-10-15(26-18(19-10)12-5-3-2-4-6-12)17(24)21-20-16(23)13-9-14(25-22-13)11-7-8-11/h2-6,9,11H,7-8H2,1H3,(H,20,23)(H,21,24). The third-order valence-corrected chi connectivity index (χ3v) is 5.26. The number of nitrogens with one attached hydrogen (secondary N) is 2. The van der Waals surface area contributed by atoms with Gasteiger partial charge in [-0.2, -0.15) is 0 Å². The van der Waals surface area contributed by atoms with Gasteiger partial charge < -0.3 is 4.52 Å². The van der Waals surface area contributed by atoms with Crippen molar-refractivity contribution >= 4 is 23.2 Å². The van der Waals surface area contributed by atoms with E-state index < -0.39 is 11.8 Å². The summed E-state index contributed by atoms with van der Waals surface area (Å²) in [5.74, 6) is 0.156. The lowest BCUT2D eigenvalue weighted by molar-refractivity contribution is 0.0843. The minimum Gasteiger partial charge on any atom is -0.360 e. The molecule has 3 aromatic rings. The number of hydrazine groups is 1. The Labute approximate surface area is 153 Å². The lowest BCUT2D eigenvalue weighted by Gasteiger charge is -2.04. The zero-order valence-electron chi connectivity index (χ0n) is 14.0. The molecule has 0 aliphatic heterocycles. The molecule has 132 valence electrons. The van der Waals surface area contributed by atoms with E-state index in [-0.39, 0.29) is 5.69 Å². The number of hydrogen-bond acceptors (Lipinski definition) is 6. The Morgan fingerprint density at radius 2 is 1.88 bits per heavy atom. The maximum atomic E-state index is 12.4. The summed E-state index contributed by atoms with van der Waals surface area (Å²) in [6, 6.07) is 11.2. The van der Waals surface area contributed by atoms with Crippen molar-refractivity contribution in [3.05, 3.63) is 58.4 Å². The summed E-state index contributed by atoms with van der Waals surface area (Å²) in [6.07, 6.45) is 2.11. The highest BCUT2D eigenvalue weighted by Gasteiger charge is 2.29. The average Bonchev–Trinajstić information content (AvgIpc) is 3.25. The largest absolute Gasteiger partial charge is 0.360 e. The maximum absolute atomic E-state index is 12.4. The monoisotopic (exact) mass is 368 g/mol. The third-order valence-electron chi connectivity index (χ3n) is 4.05. The van der Waals surface area contributed by atoms with E-state index in [1.165, 1.54) is 11.3 Å². The van der Waals surface area contributed by atoms with E-state index in [4.69, 9.17) is 4.52 Å². The normalized spacial score (nSPS) is 13.4. The van der Waals surface area contributed by atoms with Crippen LogP contribution in [0.25, 0.3) is 10.6 Å². The van der Waals surface area contributed by atoms with Gasteiger partial charge in [0.05, 0.1) is 5.69 Å². The van der Waals surface area contributed by atoms with Crippen LogP contribution in [0, 0.1) is 6.92 Å². The van der Waals surface area contributed by atoms with Crippen LogP contribution in [0.2, 0.25) is 0 Å². The van der Waals surface area contributed by atoms with Gasteiger partial charge in [0, 0.05) is 17.5 Å². The molecule has 0 bridgehead atoms. The van der Waals surface area contributed by atoms with Crippen LogP contribution in [0.1, 0.15) is 50.4 Å². The first-order chi connectivity index (χ1) is 12.6. The number of benzene rings is 1. The smallest absolute Gasteiger partial charge is 0.291 e. The van der Waals surface area contributed by atoms with E-state index in [2.05, 4.69) is 21.0 Å². The van der Waals surface area contributed by atoms with Crippen LogP contribution in [-0.4, -0.2) is 22.0 Å². The Morgan fingerprint density at radius 3 is 2.62 bits per heavy atom. The van der Waals surface area contributed by atoms with Crippen LogP contribution in [-0.2, 0) is 0 Å². The van der Waals surface area contributed by atoms with Gasteiger partial charge in [-0.3, -0.25) is 20.4 Å². The molecule has 1 aliphatic rings. The van der Waals surface area contributed by atoms with Crippen molar-refractivity contribution in [3.8, 4) is 10.6 Å². The molecule has 1 aliphatic carbocycles. The predicted octanol–water partition coefficient (Wildman–Crippen LogP) is 3.06. The molecule has 0 unspecified atom stereocenters. The zero-order chi connectivity index (χ0) is 18.1. The number of amides is 2. The van der Waals surface area contributed by atoms with Gasteiger partial charge in [0.25, 0.3) is 11.8 Å². The third kappa shape index (κ3) is 3.36. The van der Waals surface area contributed by atoms with E-state index >= 15 is 0 Å². The second kappa shape index (κ2) is 6.72. The van der Waals surface area contributed by atoms with Gasteiger partial charge in [0.15, 0.2) is 5.69 Å². The Balaban J connectivity index is 1.41. The summed E-state index contributed by atoms with van der Waals surface area (Å²) in [5.41, 5.74) is 6.48.